The monoisotopic (exact) mass is 329 g/mol. The number of hydrogen-bond acceptors (Lipinski definition) is 2. The van der Waals surface area contributed by atoms with Crippen molar-refractivity contribution < 1.29 is 9.50 Å². The van der Waals surface area contributed by atoms with Crippen LogP contribution in [0.15, 0.2) is 0 Å². The molecular weight excluding hydrogens is 289 g/mol. The van der Waals surface area contributed by atoms with Gasteiger partial charge < -0.3 is 5.11 Å². The van der Waals surface area contributed by atoms with Crippen LogP contribution in [0.5, 0.6) is 0 Å². The lowest BCUT2D eigenvalue weighted by Gasteiger charge is -2.43. The summed E-state index contributed by atoms with van der Waals surface area (Å²) in [6, 6.07) is 0.535. The van der Waals surface area contributed by atoms with Crippen molar-refractivity contribution in [2.45, 2.75) is 116 Å². The molecule has 0 aromatic rings. The molecule has 1 fully saturated rings. The van der Waals surface area contributed by atoms with Gasteiger partial charge in [0.05, 0.1) is 0 Å². The number of hydrogen-bond donors (Lipinski definition) is 1. The van der Waals surface area contributed by atoms with E-state index in [1.165, 1.54) is 70.6 Å². The Hall–Kier alpha value is -0.150. The van der Waals surface area contributed by atoms with E-state index in [4.69, 9.17) is 0 Å². The first-order valence-electron chi connectivity index (χ1n) is 10.1. The SMILES string of the molecule is CCCCCCCC(CCCCCC)N1CCC(F)C(C)(O)C1. The van der Waals surface area contributed by atoms with Gasteiger partial charge >= 0.3 is 0 Å². The fraction of sp³-hybridized carbons (Fsp3) is 1.00. The van der Waals surface area contributed by atoms with Crippen LogP contribution in [0.1, 0.15) is 97.8 Å². The predicted octanol–water partition coefficient (Wildman–Crippen LogP) is 5.48. The van der Waals surface area contributed by atoms with Crippen molar-refractivity contribution in [3.8, 4) is 0 Å². The zero-order chi connectivity index (χ0) is 17.1. The first kappa shape index (κ1) is 20.9. The minimum Gasteiger partial charge on any atom is -0.386 e. The maximum Gasteiger partial charge on any atom is 0.131 e. The molecular formula is C20H40FNO. The van der Waals surface area contributed by atoms with Crippen molar-refractivity contribution in [1.29, 1.82) is 0 Å². The van der Waals surface area contributed by atoms with Crippen LogP contribution >= 0.6 is 0 Å². The molecule has 1 aliphatic rings. The number of aliphatic hydroxyl groups is 1. The highest BCUT2D eigenvalue weighted by molar-refractivity contribution is 4.93. The van der Waals surface area contributed by atoms with Gasteiger partial charge in [-0.05, 0) is 26.2 Å². The molecule has 0 amide bonds. The van der Waals surface area contributed by atoms with Gasteiger partial charge in [0.1, 0.15) is 11.8 Å². The Morgan fingerprint density at radius 1 is 1.00 bits per heavy atom. The van der Waals surface area contributed by atoms with Crippen LogP contribution in [-0.2, 0) is 0 Å². The van der Waals surface area contributed by atoms with E-state index in [9.17, 15) is 9.50 Å². The molecule has 0 aromatic carbocycles. The summed E-state index contributed by atoms with van der Waals surface area (Å²) in [6.45, 7) is 7.47. The molecule has 0 saturated carbocycles. The summed E-state index contributed by atoms with van der Waals surface area (Å²) in [5.74, 6) is 0. The molecule has 1 rings (SSSR count). The van der Waals surface area contributed by atoms with Crippen molar-refractivity contribution >= 4 is 0 Å². The maximum absolute atomic E-state index is 13.9. The average molecular weight is 330 g/mol. The van der Waals surface area contributed by atoms with Crippen molar-refractivity contribution in [2.75, 3.05) is 13.1 Å². The smallest absolute Gasteiger partial charge is 0.131 e. The number of rotatable bonds is 12. The van der Waals surface area contributed by atoms with E-state index < -0.39 is 11.8 Å². The Morgan fingerprint density at radius 2 is 1.52 bits per heavy atom. The van der Waals surface area contributed by atoms with E-state index in [1.807, 2.05) is 0 Å². The van der Waals surface area contributed by atoms with E-state index in [-0.39, 0.29) is 0 Å². The Balaban J connectivity index is 2.45. The van der Waals surface area contributed by atoms with Crippen molar-refractivity contribution in [3.05, 3.63) is 0 Å². The number of β-amino-alcohol motifs (C(OH)–C–C–N with tert-alkyl or cyclic N) is 1. The molecule has 1 saturated heterocycles. The Kier molecular flexibility index (Phi) is 10.4. The van der Waals surface area contributed by atoms with Crippen LogP contribution in [0.4, 0.5) is 4.39 Å². The number of halogens is 1. The lowest BCUT2D eigenvalue weighted by Crippen LogP contribution is -2.56. The number of piperidine rings is 1. The van der Waals surface area contributed by atoms with Gasteiger partial charge in [0, 0.05) is 19.1 Å². The summed E-state index contributed by atoms with van der Waals surface area (Å²) in [4.78, 5) is 2.38. The van der Waals surface area contributed by atoms with Crippen molar-refractivity contribution in [3.63, 3.8) is 0 Å². The lowest BCUT2D eigenvalue weighted by atomic mass is 9.89. The summed E-state index contributed by atoms with van der Waals surface area (Å²) in [6.07, 6.45) is 13.5. The first-order chi connectivity index (χ1) is 11.0. The molecule has 0 aromatic heterocycles. The van der Waals surface area contributed by atoms with Crippen molar-refractivity contribution in [1.82, 2.24) is 4.90 Å². The molecule has 3 heteroatoms. The standard InChI is InChI=1S/C20H40FNO/c1-4-6-8-10-12-14-18(13-11-9-7-5-2)22-16-15-19(21)20(3,23)17-22/h18-19,23H,4-17H2,1-3H3. The van der Waals surface area contributed by atoms with Gasteiger partial charge in [-0.2, -0.15) is 0 Å². The second kappa shape index (κ2) is 11.4. The third kappa shape index (κ3) is 7.98. The Labute approximate surface area is 143 Å². The summed E-state index contributed by atoms with van der Waals surface area (Å²) in [7, 11) is 0. The molecule has 1 aliphatic heterocycles. The van der Waals surface area contributed by atoms with Crippen LogP contribution in [0, 0.1) is 0 Å². The highest BCUT2D eigenvalue weighted by atomic mass is 19.1. The molecule has 3 unspecified atom stereocenters. The highest BCUT2D eigenvalue weighted by Gasteiger charge is 2.39. The van der Waals surface area contributed by atoms with Gasteiger partial charge in [-0.25, -0.2) is 4.39 Å². The van der Waals surface area contributed by atoms with Gasteiger partial charge in [0.2, 0.25) is 0 Å². The van der Waals surface area contributed by atoms with Crippen molar-refractivity contribution in [2.24, 2.45) is 0 Å². The van der Waals surface area contributed by atoms with Gasteiger partial charge in [-0.15, -0.1) is 0 Å². The molecule has 138 valence electrons. The third-order valence-corrected chi connectivity index (χ3v) is 5.42. The zero-order valence-electron chi connectivity index (χ0n) is 15.8. The minimum atomic E-state index is -1.16. The van der Waals surface area contributed by atoms with Gasteiger partial charge in [0.15, 0.2) is 0 Å². The molecule has 0 spiro atoms. The average Bonchev–Trinajstić information content (AvgIpc) is 2.52. The predicted molar refractivity (Wildman–Crippen MR) is 97.6 cm³/mol. The highest BCUT2D eigenvalue weighted by Crippen LogP contribution is 2.28. The quantitative estimate of drug-likeness (QED) is 0.479. The lowest BCUT2D eigenvalue weighted by molar-refractivity contribution is -0.0869. The Morgan fingerprint density at radius 3 is 2.04 bits per heavy atom. The van der Waals surface area contributed by atoms with Gasteiger partial charge in [0.25, 0.3) is 0 Å². The molecule has 2 nitrogen and oxygen atoms in total. The minimum absolute atomic E-state index is 0.480. The van der Waals surface area contributed by atoms with Crippen LogP contribution in [-0.4, -0.2) is 40.9 Å². The van der Waals surface area contributed by atoms with Gasteiger partial charge in [-0.1, -0.05) is 71.6 Å². The topological polar surface area (TPSA) is 23.5 Å². The number of alkyl halides is 1. The van der Waals surface area contributed by atoms with E-state index in [1.54, 1.807) is 6.92 Å². The van der Waals surface area contributed by atoms with E-state index in [0.717, 1.165) is 6.54 Å². The second-order valence-electron chi connectivity index (χ2n) is 7.79. The molecule has 0 radical (unpaired) electrons. The number of likely N-dealkylation sites (tertiary alicyclic amines) is 1. The fourth-order valence-electron chi connectivity index (χ4n) is 3.79. The molecule has 3 atom stereocenters. The van der Waals surface area contributed by atoms with E-state index >= 15 is 0 Å². The maximum atomic E-state index is 13.9. The van der Waals surface area contributed by atoms with Crippen LogP contribution in [0.3, 0.4) is 0 Å². The van der Waals surface area contributed by atoms with E-state index in [2.05, 4.69) is 18.7 Å². The van der Waals surface area contributed by atoms with Crippen LogP contribution < -0.4 is 0 Å². The van der Waals surface area contributed by atoms with Crippen LogP contribution in [0.25, 0.3) is 0 Å². The largest absolute Gasteiger partial charge is 0.386 e. The molecule has 23 heavy (non-hydrogen) atoms. The number of nitrogens with zero attached hydrogens (tertiary/aromatic N) is 1. The number of unbranched alkanes of at least 4 members (excludes halogenated alkanes) is 7. The molecule has 1 N–H and O–H groups in total. The first-order valence-corrected chi connectivity index (χ1v) is 10.1. The summed E-state index contributed by atoms with van der Waals surface area (Å²) in [5, 5.41) is 10.3. The summed E-state index contributed by atoms with van der Waals surface area (Å²) in [5.41, 5.74) is -1.16. The Bertz CT molecular complexity index is 295. The second-order valence-corrected chi connectivity index (χ2v) is 7.79. The zero-order valence-corrected chi connectivity index (χ0v) is 15.8. The summed E-state index contributed by atoms with van der Waals surface area (Å²) < 4.78 is 13.9. The molecule has 1 heterocycles. The van der Waals surface area contributed by atoms with Crippen LogP contribution in [0.2, 0.25) is 0 Å². The third-order valence-electron chi connectivity index (χ3n) is 5.42. The molecule has 0 aliphatic carbocycles. The fourth-order valence-corrected chi connectivity index (χ4v) is 3.79. The van der Waals surface area contributed by atoms with E-state index in [0.29, 0.717) is 19.0 Å². The summed E-state index contributed by atoms with van der Waals surface area (Å²) >= 11 is 0. The normalized spacial score (nSPS) is 27.3. The molecule has 0 bridgehead atoms. The van der Waals surface area contributed by atoms with Gasteiger partial charge in [-0.3, -0.25) is 4.90 Å².